The molecule has 0 radical (unpaired) electrons. The fourth-order valence-electron chi connectivity index (χ4n) is 2.38. The van der Waals surface area contributed by atoms with E-state index in [2.05, 4.69) is 0 Å². The Morgan fingerprint density at radius 3 is 1.71 bits per heavy atom. The van der Waals surface area contributed by atoms with Crippen LogP contribution in [0.3, 0.4) is 0 Å². The number of methoxy groups -OCH3 is 3. The number of benzene rings is 2. The second kappa shape index (κ2) is 7.49. The molecule has 0 saturated heterocycles. The third kappa shape index (κ3) is 3.50. The molecule has 2 aromatic carbocycles. The molecule has 0 amide bonds. The maximum absolute atomic E-state index is 6.88. The highest BCUT2D eigenvalue weighted by Crippen LogP contribution is 2.56. The predicted molar refractivity (Wildman–Crippen MR) is 99.5 cm³/mol. The van der Waals surface area contributed by atoms with E-state index in [1.54, 1.807) is 56.7 Å². The summed E-state index contributed by atoms with van der Waals surface area (Å²) in [6.07, 6.45) is 0. The molecule has 0 aliphatic carbocycles. The van der Waals surface area contributed by atoms with Crippen LogP contribution in [0.15, 0.2) is 42.5 Å². The lowest BCUT2D eigenvalue weighted by molar-refractivity contribution is 0.388. The maximum Gasteiger partial charge on any atom is 0.217 e. The first-order chi connectivity index (χ1) is 11.3. The molecule has 2 aromatic rings. The Bertz CT molecular complexity index is 698. The molecular weight excluding hydrogens is 394 g/mol. The summed E-state index contributed by atoms with van der Waals surface area (Å²) in [4.78, 5) is -1.47. The van der Waals surface area contributed by atoms with Crippen LogP contribution in [0.25, 0.3) is 0 Å². The molecule has 0 spiro atoms. The van der Waals surface area contributed by atoms with Gasteiger partial charge in [0.15, 0.2) is 0 Å². The third-order valence-corrected chi connectivity index (χ3v) is 5.50. The maximum atomic E-state index is 6.88. The minimum atomic E-state index is -1.84. The molecule has 0 saturated carbocycles. The van der Waals surface area contributed by atoms with Crippen molar-refractivity contribution >= 4 is 46.4 Å². The Morgan fingerprint density at radius 2 is 1.25 bits per heavy atom. The number of hydrogen-bond acceptors (Lipinski definition) is 3. The van der Waals surface area contributed by atoms with Gasteiger partial charge >= 0.3 is 0 Å². The summed E-state index contributed by atoms with van der Waals surface area (Å²) in [5, 5.41) is 0. The Kier molecular flexibility index (Phi) is 6.03. The van der Waals surface area contributed by atoms with Gasteiger partial charge in [-0.2, -0.15) is 0 Å². The van der Waals surface area contributed by atoms with Crippen LogP contribution in [0.5, 0.6) is 17.2 Å². The van der Waals surface area contributed by atoms with Crippen molar-refractivity contribution in [2.45, 2.75) is 8.67 Å². The molecule has 0 N–H and O–H groups in total. The van der Waals surface area contributed by atoms with Gasteiger partial charge in [0.2, 0.25) is 3.79 Å². The smallest absolute Gasteiger partial charge is 0.217 e. The Morgan fingerprint density at radius 1 is 0.708 bits per heavy atom. The second-order valence-electron chi connectivity index (χ2n) is 4.95. The molecule has 1 unspecified atom stereocenters. The minimum absolute atomic E-state index is 0.450. The number of ether oxygens (including phenoxy) is 3. The van der Waals surface area contributed by atoms with Gasteiger partial charge < -0.3 is 14.2 Å². The Hall–Kier alpha value is -1.00. The van der Waals surface area contributed by atoms with Crippen LogP contribution >= 0.6 is 46.4 Å². The zero-order valence-electron chi connectivity index (χ0n) is 13.3. The van der Waals surface area contributed by atoms with Gasteiger partial charge in [0.1, 0.15) is 22.1 Å². The van der Waals surface area contributed by atoms with Crippen molar-refractivity contribution in [3.63, 3.8) is 0 Å². The van der Waals surface area contributed by atoms with Crippen LogP contribution in [-0.4, -0.2) is 25.1 Å². The van der Waals surface area contributed by atoms with E-state index in [0.717, 1.165) is 0 Å². The number of alkyl halides is 4. The van der Waals surface area contributed by atoms with Gasteiger partial charge in [-0.1, -0.05) is 46.9 Å². The van der Waals surface area contributed by atoms with Gasteiger partial charge in [-0.15, -0.1) is 11.6 Å². The first-order valence-corrected chi connectivity index (χ1v) is 8.41. The fourth-order valence-corrected chi connectivity index (χ4v) is 3.29. The first kappa shape index (κ1) is 19.3. The van der Waals surface area contributed by atoms with Crippen LogP contribution in [0.2, 0.25) is 0 Å². The van der Waals surface area contributed by atoms with Crippen molar-refractivity contribution in [1.82, 2.24) is 0 Å². The molecule has 24 heavy (non-hydrogen) atoms. The van der Waals surface area contributed by atoms with E-state index < -0.39 is 8.67 Å². The molecule has 0 fully saturated rings. The summed E-state index contributed by atoms with van der Waals surface area (Å²) in [5.41, 5.74) is 1.10. The monoisotopic (exact) mass is 408 g/mol. The van der Waals surface area contributed by atoms with Gasteiger partial charge in [-0.25, -0.2) is 0 Å². The first-order valence-electron chi connectivity index (χ1n) is 6.90. The molecule has 0 aromatic heterocycles. The van der Waals surface area contributed by atoms with Gasteiger partial charge in [0.05, 0.1) is 21.3 Å². The summed E-state index contributed by atoms with van der Waals surface area (Å²) in [6.45, 7) is 0. The fraction of sp³-hybridized carbons (Fsp3) is 0.294. The highest BCUT2D eigenvalue weighted by molar-refractivity contribution is 6.71. The molecule has 130 valence electrons. The predicted octanol–water partition coefficient (Wildman–Crippen LogP) is 5.57. The van der Waals surface area contributed by atoms with Gasteiger partial charge in [-0.05, 0) is 29.8 Å². The average molecular weight is 410 g/mol. The van der Waals surface area contributed by atoms with E-state index in [1.165, 1.54) is 7.11 Å². The van der Waals surface area contributed by atoms with Crippen molar-refractivity contribution in [1.29, 1.82) is 0 Å². The normalized spacial score (nSPS) is 14.0. The number of halogens is 4. The molecule has 0 bridgehead atoms. The van der Waals surface area contributed by atoms with E-state index >= 15 is 0 Å². The van der Waals surface area contributed by atoms with Crippen molar-refractivity contribution in [2.24, 2.45) is 0 Å². The van der Waals surface area contributed by atoms with Gasteiger partial charge in [0, 0.05) is 11.6 Å². The summed E-state index contributed by atoms with van der Waals surface area (Å²) in [5.74, 6) is 1.73. The molecule has 0 aliphatic rings. The molecular formula is C17H16Cl4O3. The van der Waals surface area contributed by atoms with Crippen molar-refractivity contribution in [3.05, 3.63) is 53.6 Å². The van der Waals surface area contributed by atoms with Crippen LogP contribution < -0.4 is 14.2 Å². The molecule has 1 atom stereocenters. The quantitative estimate of drug-likeness (QED) is 0.604. The molecule has 2 rings (SSSR count). The van der Waals surface area contributed by atoms with Crippen molar-refractivity contribution in [3.8, 4) is 17.2 Å². The molecule has 0 aliphatic heterocycles. The summed E-state index contributed by atoms with van der Waals surface area (Å²) in [6, 6.07) is 12.1. The number of hydrogen-bond donors (Lipinski definition) is 0. The van der Waals surface area contributed by atoms with E-state index in [9.17, 15) is 0 Å². The average Bonchev–Trinajstić information content (AvgIpc) is 2.59. The zero-order chi connectivity index (χ0) is 18.0. The van der Waals surface area contributed by atoms with Crippen LogP contribution in [0, 0.1) is 0 Å². The highest BCUT2D eigenvalue weighted by atomic mass is 35.6. The topological polar surface area (TPSA) is 27.7 Å². The highest BCUT2D eigenvalue weighted by Gasteiger charge is 2.51. The van der Waals surface area contributed by atoms with Crippen LogP contribution in [0.4, 0.5) is 0 Å². The second-order valence-corrected chi connectivity index (χ2v) is 7.80. The minimum Gasteiger partial charge on any atom is -0.497 e. The van der Waals surface area contributed by atoms with E-state index in [-0.39, 0.29) is 0 Å². The van der Waals surface area contributed by atoms with E-state index in [0.29, 0.717) is 28.4 Å². The lowest BCUT2D eigenvalue weighted by Gasteiger charge is -2.35. The summed E-state index contributed by atoms with van der Waals surface area (Å²) >= 11 is 25.7. The molecule has 3 nitrogen and oxygen atoms in total. The Labute approximate surface area is 161 Å². The van der Waals surface area contributed by atoms with Crippen molar-refractivity contribution in [2.75, 3.05) is 21.3 Å². The lowest BCUT2D eigenvalue weighted by Crippen LogP contribution is -2.36. The SMILES string of the molecule is COc1ccc(C(Cl)(c2ccc(OC)cc2OC)C(Cl)(Cl)Cl)cc1. The largest absolute Gasteiger partial charge is 0.497 e. The Balaban J connectivity index is 2.68. The standard InChI is InChI=1S/C17H16Cl4O3/c1-22-12-6-4-11(5-7-12)16(18,17(19,20)21)14-9-8-13(23-2)10-15(14)24-3/h4-10H,1-3H3. The van der Waals surface area contributed by atoms with Crippen LogP contribution in [-0.2, 0) is 4.87 Å². The zero-order valence-corrected chi connectivity index (χ0v) is 16.3. The van der Waals surface area contributed by atoms with E-state index in [1.807, 2.05) is 0 Å². The number of rotatable bonds is 5. The van der Waals surface area contributed by atoms with E-state index in [4.69, 9.17) is 60.6 Å². The molecule has 0 heterocycles. The summed E-state index contributed by atoms with van der Waals surface area (Å²) in [7, 11) is 4.65. The van der Waals surface area contributed by atoms with Gasteiger partial charge in [0.25, 0.3) is 0 Å². The molecule has 7 heteroatoms. The summed E-state index contributed by atoms with van der Waals surface area (Å²) < 4.78 is 14.0. The lowest BCUT2D eigenvalue weighted by atomic mass is 9.90. The van der Waals surface area contributed by atoms with Crippen molar-refractivity contribution < 1.29 is 14.2 Å². The van der Waals surface area contributed by atoms with Gasteiger partial charge in [-0.3, -0.25) is 0 Å². The third-order valence-electron chi connectivity index (χ3n) is 3.66. The van der Waals surface area contributed by atoms with Crippen LogP contribution in [0.1, 0.15) is 11.1 Å².